The molecule has 154 valence electrons. The molecule has 5 nitrogen and oxygen atoms in total. The van der Waals surface area contributed by atoms with E-state index < -0.39 is 18.0 Å². The summed E-state index contributed by atoms with van der Waals surface area (Å²) in [4.78, 5) is 26.0. The molecule has 3 aromatic carbocycles. The molecule has 0 aliphatic carbocycles. The van der Waals surface area contributed by atoms with Gasteiger partial charge in [0.15, 0.2) is 0 Å². The van der Waals surface area contributed by atoms with E-state index in [9.17, 15) is 9.59 Å². The van der Waals surface area contributed by atoms with E-state index >= 15 is 0 Å². The van der Waals surface area contributed by atoms with Crippen molar-refractivity contribution in [3.63, 3.8) is 0 Å². The Morgan fingerprint density at radius 1 is 0.839 bits per heavy atom. The molecule has 0 aliphatic rings. The minimum absolute atomic E-state index is 0.371. The molecule has 1 N–H and O–H groups in total. The summed E-state index contributed by atoms with van der Waals surface area (Å²) in [6.07, 6.45) is 2.71. The molecular formula is C26H22N2O3. The van der Waals surface area contributed by atoms with Crippen LogP contribution in [0.1, 0.15) is 27.6 Å². The fourth-order valence-electron chi connectivity index (χ4n) is 3.22. The van der Waals surface area contributed by atoms with Crippen LogP contribution in [0, 0.1) is 6.92 Å². The van der Waals surface area contributed by atoms with Crippen LogP contribution in [0.25, 0.3) is 5.69 Å². The zero-order valence-corrected chi connectivity index (χ0v) is 17.1. The second kappa shape index (κ2) is 9.13. The average molecular weight is 410 g/mol. The van der Waals surface area contributed by atoms with E-state index in [0.717, 1.165) is 11.3 Å². The molecule has 4 rings (SSSR count). The SMILES string of the molecule is Cc1ccc(NC(=O)[C@@H](OC(=O)c2cccc(-n3cccc3)c2)c2ccccc2)cc1. The zero-order valence-electron chi connectivity index (χ0n) is 17.1. The van der Waals surface area contributed by atoms with Gasteiger partial charge in [0.1, 0.15) is 0 Å². The van der Waals surface area contributed by atoms with Crippen molar-refractivity contribution in [2.45, 2.75) is 13.0 Å². The number of nitrogens with zero attached hydrogens (tertiary/aromatic N) is 1. The highest BCUT2D eigenvalue weighted by atomic mass is 16.5. The van der Waals surface area contributed by atoms with Crippen LogP contribution in [0.5, 0.6) is 0 Å². The first-order valence-electron chi connectivity index (χ1n) is 9.97. The number of esters is 1. The minimum Gasteiger partial charge on any atom is -0.444 e. The van der Waals surface area contributed by atoms with Gasteiger partial charge >= 0.3 is 5.97 Å². The molecule has 1 aromatic heterocycles. The molecule has 0 spiro atoms. The predicted molar refractivity (Wildman–Crippen MR) is 120 cm³/mol. The van der Waals surface area contributed by atoms with E-state index in [1.807, 2.05) is 84.5 Å². The normalized spacial score (nSPS) is 11.5. The minimum atomic E-state index is -1.08. The van der Waals surface area contributed by atoms with Crippen LogP contribution >= 0.6 is 0 Å². The van der Waals surface area contributed by atoms with Gasteiger partial charge in [0.05, 0.1) is 5.56 Å². The van der Waals surface area contributed by atoms with Crippen molar-refractivity contribution < 1.29 is 14.3 Å². The lowest BCUT2D eigenvalue weighted by Gasteiger charge is -2.18. The van der Waals surface area contributed by atoms with Crippen LogP contribution in [-0.4, -0.2) is 16.4 Å². The Kier molecular flexibility index (Phi) is 5.94. The van der Waals surface area contributed by atoms with Crippen molar-refractivity contribution in [3.05, 3.63) is 120 Å². The summed E-state index contributed by atoms with van der Waals surface area (Å²) in [5, 5.41) is 2.84. The van der Waals surface area contributed by atoms with E-state index in [1.165, 1.54) is 0 Å². The molecular weight excluding hydrogens is 388 g/mol. The Hall–Kier alpha value is -4.12. The molecule has 0 saturated heterocycles. The molecule has 0 fully saturated rings. The number of anilines is 1. The summed E-state index contributed by atoms with van der Waals surface area (Å²) in [7, 11) is 0. The summed E-state index contributed by atoms with van der Waals surface area (Å²) in [6.45, 7) is 1.97. The number of amides is 1. The third kappa shape index (κ3) is 4.90. The van der Waals surface area contributed by atoms with Crippen LogP contribution in [0.15, 0.2) is 103 Å². The Bertz CT molecular complexity index is 1170. The second-order valence-electron chi connectivity index (χ2n) is 7.19. The third-order valence-electron chi connectivity index (χ3n) is 4.87. The van der Waals surface area contributed by atoms with Gasteiger partial charge < -0.3 is 14.6 Å². The van der Waals surface area contributed by atoms with Gasteiger partial charge in [-0.05, 0) is 49.4 Å². The first-order chi connectivity index (χ1) is 15.1. The molecule has 0 aliphatic heterocycles. The van der Waals surface area contributed by atoms with E-state index in [-0.39, 0.29) is 0 Å². The van der Waals surface area contributed by atoms with Crippen molar-refractivity contribution in [2.75, 3.05) is 5.32 Å². The molecule has 0 bridgehead atoms. The first-order valence-corrected chi connectivity index (χ1v) is 9.97. The number of aryl methyl sites for hydroxylation is 1. The molecule has 0 radical (unpaired) electrons. The molecule has 1 atom stereocenters. The number of aromatic nitrogens is 1. The molecule has 1 heterocycles. The van der Waals surface area contributed by atoms with Gasteiger partial charge in [-0.1, -0.05) is 54.1 Å². The third-order valence-corrected chi connectivity index (χ3v) is 4.87. The summed E-state index contributed by atoms with van der Waals surface area (Å²) < 4.78 is 7.59. The average Bonchev–Trinajstić information content (AvgIpc) is 3.34. The number of rotatable bonds is 6. The number of nitrogens with one attached hydrogen (secondary N) is 1. The number of carbonyl (C=O) groups excluding carboxylic acids is 2. The number of benzene rings is 3. The molecule has 4 aromatic rings. The van der Waals surface area contributed by atoms with E-state index in [0.29, 0.717) is 16.8 Å². The van der Waals surface area contributed by atoms with Crippen LogP contribution in [0.3, 0.4) is 0 Å². The maximum Gasteiger partial charge on any atom is 0.339 e. The smallest absolute Gasteiger partial charge is 0.339 e. The van der Waals surface area contributed by atoms with E-state index in [2.05, 4.69) is 5.32 Å². The van der Waals surface area contributed by atoms with Crippen molar-refractivity contribution in [2.24, 2.45) is 0 Å². The van der Waals surface area contributed by atoms with Crippen LogP contribution in [0.4, 0.5) is 5.69 Å². The number of hydrogen-bond acceptors (Lipinski definition) is 3. The molecule has 1 amide bonds. The van der Waals surface area contributed by atoms with Crippen molar-refractivity contribution in [1.29, 1.82) is 0 Å². The largest absolute Gasteiger partial charge is 0.444 e. The van der Waals surface area contributed by atoms with Gasteiger partial charge in [-0.25, -0.2) is 4.79 Å². The summed E-state index contributed by atoms with van der Waals surface area (Å²) in [5.74, 6) is -0.980. The first kappa shape index (κ1) is 20.2. The molecule has 5 heteroatoms. The Labute approximate surface area is 180 Å². The second-order valence-corrected chi connectivity index (χ2v) is 7.19. The molecule has 31 heavy (non-hydrogen) atoms. The fourth-order valence-corrected chi connectivity index (χ4v) is 3.22. The lowest BCUT2D eigenvalue weighted by Crippen LogP contribution is -2.26. The highest BCUT2D eigenvalue weighted by Crippen LogP contribution is 2.23. The maximum absolute atomic E-state index is 13.0. The summed E-state index contributed by atoms with van der Waals surface area (Å²) in [5.41, 5.74) is 3.53. The highest BCUT2D eigenvalue weighted by Gasteiger charge is 2.26. The van der Waals surface area contributed by atoms with Crippen molar-refractivity contribution in [3.8, 4) is 5.69 Å². The van der Waals surface area contributed by atoms with Gasteiger partial charge in [0, 0.05) is 29.3 Å². The number of hydrogen-bond donors (Lipinski definition) is 1. The quantitative estimate of drug-likeness (QED) is 0.438. The Morgan fingerprint density at radius 3 is 2.26 bits per heavy atom. The molecule has 0 saturated carbocycles. The van der Waals surface area contributed by atoms with Crippen molar-refractivity contribution in [1.82, 2.24) is 4.57 Å². The lowest BCUT2D eigenvalue weighted by atomic mass is 10.1. The van der Waals surface area contributed by atoms with Gasteiger partial charge in [-0.15, -0.1) is 0 Å². The fraction of sp³-hybridized carbons (Fsp3) is 0.0769. The van der Waals surface area contributed by atoms with Gasteiger partial charge in [0.25, 0.3) is 5.91 Å². The van der Waals surface area contributed by atoms with Crippen LogP contribution < -0.4 is 5.32 Å². The van der Waals surface area contributed by atoms with Gasteiger partial charge in [-0.3, -0.25) is 4.79 Å². The maximum atomic E-state index is 13.0. The molecule has 0 unspecified atom stereocenters. The van der Waals surface area contributed by atoms with Gasteiger partial charge in [0.2, 0.25) is 6.10 Å². The monoisotopic (exact) mass is 410 g/mol. The summed E-state index contributed by atoms with van der Waals surface area (Å²) >= 11 is 0. The van der Waals surface area contributed by atoms with Crippen molar-refractivity contribution >= 4 is 17.6 Å². The standard InChI is InChI=1S/C26H22N2O3/c1-19-12-14-22(15-13-19)27-25(29)24(20-8-3-2-4-9-20)31-26(30)21-10-7-11-23(18-21)28-16-5-6-17-28/h2-18,24H,1H3,(H,27,29)/t24-/m0/s1. The lowest BCUT2D eigenvalue weighted by molar-refractivity contribution is -0.125. The topological polar surface area (TPSA) is 60.3 Å². The number of ether oxygens (including phenoxy) is 1. The van der Waals surface area contributed by atoms with Crippen LogP contribution in [0.2, 0.25) is 0 Å². The van der Waals surface area contributed by atoms with Gasteiger partial charge in [-0.2, -0.15) is 0 Å². The van der Waals surface area contributed by atoms with E-state index in [4.69, 9.17) is 4.74 Å². The van der Waals surface area contributed by atoms with E-state index in [1.54, 1.807) is 30.3 Å². The Balaban J connectivity index is 1.57. The van der Waals surface area contributed by atoms with Crippen LogP contribution in [-0.2, 0) is 9.53 Å². The Morgan fingerprint density at radius 2 is 1.55 bits per heavy atom. The highest BCUT2D eigenvalue weighted by molar-refractivity contribution is 5.98. The number of carbonyl (C=O) groups is 2. The predicted octanol–water partition coefficient (Wildman–Crippen LogP) is 5.32. The zero-order chi connectivity index (χ0) is 21.6. The summed E-state index contributed by atoms with van der Waals surface area (Å²) in [6, 6.07) is 27.4.